The van der Waals surface area contributed by atoms with E-state index in [4.69, 9.17) is 18.9 Å². The van der Waals surface area contributed by atoms with Crippen LogP contribution < -0.4 is 0 Å². The van der Waals surface area contributed by atoms with Crippen LogP contribution in [0, 0.1) is 10.8 Å². The number of benzene rings is 1. The Hall–Kier alpha value is -1.93. The quantitative estimate of drug-likeness (QED) is 0.340. The molecule has 0 radical (unpaired) electrons. The highest BCUT2D eigenvalue weighted by Gasteiger charge is 2.45. The van der Waals surface area contributed by atoms with Gasteiger partial charge in [-0.15, -0.1) is 0 Å². The predicted octanol–water partition coefficient (Wildman–Crippen LogP) is 4.27. The molecule has 1 heterocycles. The lowest BCUT2D eigenvalue weighted by atomic mass is 9.95. The molecule has 2 rings (SSSR count). The van der Waals surface area contributed by atoms with Crippen molar-refractivity contribution in [3.05, 3.63) is 35.9 Å². The molecule has 0 aliphatic carbocycles. The van der Waals surface area contributed by atoms with Crippen LogP contribution in [0.25, 0.3) is 0 Å². The van der Waals surface area contributed by atoms with Gasteiger partial charge in [-0.3, -0.25) is 9.59 Å². The first-order valence-corrected chi connectivity index (χ1v) is 11.1. The second kappa shape index (κ2) is 10.1. The molecule has 0 bridgehead atoms. The highest BCUT2D eigenvalue weighted by atomic mass is 79.9. The fourth-order valence-electron chi connectivity index (χ4n) is 2.67. The highest BCUT2D eigenvalue weighted by Crippen LogP contribution is 2.32. The third kappa shape index (κ3) is 7.31. The van der Waals surface area contributed by atoms with Crippen LogP contribution in [-0.4, -0.2) is 47.8 Å². The Balaban J connectivity index is 2.10. The number of hydrogen-bond donors (Lipinski definition) is 0. The number of esters is 3. The molecule has 8 heteroatoms. The van der Waals surface area contributed by atoms with Gasteiger partial charge in [0.2, 0.25) is 0 Å². The van der Waals surface area contributed by atoms with Crippen molar-refractivity contribution in [2.24, 2.45) is 10.8 Å². The summed E-state index contributed by atoms with van der Waals surface area (Å²) < 4.78 is 22.6. The number of alkyl halides is 1. The molecule has 0 saturated carbocycles. The molecule has 0 unspecified atom stereocenters. The van der Waals surface area contributed by atoms with Gasteiger partial charge in [-0.05, 0) is 53.7 Å². The van der Waals surface area contributed by atoms with Gasteiger partial charge in [-0.25, -0.2) is 4.79 Å². The summed E-state index contributed by atoms with van der Waals surface area (Å²) >= 11 is 3.39. The van der Waals surface area contributed by atoms with E-state index in [1.165, 1.54) is 0 Å². The Morgan fingerprint density at radius 3 is 2.06 bits per heavy atom. The van der Waals surface area contributed by atoms with E-state index >= 15 is 0 Å². The zero-order chi connectivity index (χ0) is 23.4. The van der Waals surface area contributed by atoms with Crippen LogP contribution in [0.1, 0.15) is 58.3 Å². The van der Waals surface area contributed by atoms with Crippen molar-refractivity contribution < 1.29 is 33.3 Å². The van der Waals surface area contributed by atoms with E-state index in [1.54, 1.807) is 65.8 Å². The van der Waals surface area contributed by atoms with E-state index in [2.05, 4.69) is 15.9 Å². The topological polar surface area (TPSA) is 88.1 Å². The minimum Gasteiger partial charge on any atom is -0.459 e. The van der Waals surface area contributed by atoms with Crippen LogP contribution in [0.3, 0.4) is 0 Å². The summed E-state index contributed by atoms with van der Waals surface area (Å²) in [6.07, 6.45) is -1.91. The fraction of sp³-hybridized carbons (Fsp3) is 0.609. The monoisotopic (exact) mass is 498 g/mol. The zero-order valence-electron chi connectivity index (χ0n) is 18.8. The first kappa shape index (κ1) is 25.3. The van der Waals surface area contributed by atoms with Gasteiger partial charge in [-0.1, -0.05) is 34.1 Å². The molecule has 4 atom stereocenters. The number of ether oxygens (including phenoxy) is 4. The summed E-state index contributed by atoms with van der Waals surface area (Å²) in [7, 11) is 0. The van der Waals surface area contributed by atoms with Crippen LogP contribution in [0.5, 0.6) is 0 Å². The van der Waals surface area contributed by atoms with E-state index < -0.39 is 52.1 Å². The van der Waals surface area contributed by atoms with Crippen molar-refractivity contribution in [1.82, 2.24) is 0 Å². The molecule has 0 amide bonds. The normalized spacial score (nSPS) is 24.2. The standard InChI is InChI=1S/C23H31BrO7/c1-22(2,3)20(26)30-16-12-15(13-28-19(25)14-10-8-7-9-11-14)29-18(24)17(16)31-21(27)23(4,5)6/h7-11,15-18H,12-13H2,1-6H3/t15-,16-,17-,18-/m0/s1. The Labute approximate surface area is 191 Å². The fourth-order valence-corrected chi connectivity index (χ4v) is 3.43. The second-order valence-corrected chi connectivity index (χ2v) is 10.5. The van der Waals surface area contributed by atoms with Gasteiger partial charge in [0.25, 0.3) is 0 Å². The van der Waals surface area contributed by atoms with Gasteiger partial charge in [0.15, 0.2) is 11.1 Å². The average Bonchev–Trinajstić information content (AvgIpc) is 2.67. The maximum absolute atomic E-state index is 12.5. The van der Waals surface area contributed by atoms with Crippen LogP contribution in [0.2, 0.25) is 0 Å². The van der Waals surface area contributed by atoms with Gasteiger partial charge in [-0.2, -0.15) is 0 Å². The van der Waals surface area contributed by atoms with Crippen molar-refractivity contribution in [2.75, 3.05) is 6.61 Å². The van der Waals surface area contributed by atoms with Gasteiger partial charge in [0.1, 0.15) is 12.7 Å². The Kier molecular flexibility index (Phi) is 8.27. The zero-order valence-corrected chi connectivity index (χ0v) is 20.4. The van der Waals surface area contributed by atoms with Gasteiger partial charge in [0, 0.05) is 6.42 Å². The third-order valence-electron chi connectivity index (χ3n) is 4.58. The number of carbonyl (C=O) groups is 3. The van der Waals surface area contributed by atoms with Crippen LogP contribution >= 0.6 is 15.9 Å². The molecular formula is C23H31BrO7. The molecule has 172 valence electrons. The van der Waals surface area contributed by atoms with Crippen LogP contribution in [0.15, 0.2) is 30.3 Å². The molecule has 31 heavy (non-hydrogen) atoms. The lowest BCUT2D eigenvalue weighted by Crippen LogP contribution is -2.52. The SMILES string of the molecule is CC(C)(C)C(=O)O[C@H]1[C@@H](OC(=O)C(C)(C)C)C[C@@H](COC(=O)c2ccccc2)O[C@@H]1Br. The molecule has 1 fully saturated rings. The van der Waals surface area contributed by atoms with Crippen molar-refractivity contribution >= 4 is 33.8 Å². The molecule has 0 spiro atoms. The molecule has 1 aromatic carbocycles. The first-order chi connectivity index (χ1) is 14.3. The van der Waals surface area contributed by atoms with Gasteiger partial charge >= 0.3 is 17.9 Å². The van der Waals surface area contributed by atoms with E-state index in [0.29, 0.717) is 5.56 Å². The summed E-state index contributed by atoms with van der Waals surface area (Å²) in [6.45, 7) is 10.4. The Morgan fingerprint density at radius 1 is 0.968 bits per heavy atom. The van der Waals surface area contributed by atoms with E-state index in [1.807, 2.05) is 6.07 Å². The molecule has 1 saturated heterocycles. The molecule has 0 aromatic heterocycles. The van der Waals surface area contributed by atoms with E-state index in [0.717, 1.165) is 0 Å². The minimum absolute atomic E-state index is 0.0284. The lowest BCUT2D eigenvalue weighted by Gasteiger charge is -2.39. The van der Waals surface area contributed by atoms with Crippen molar-refractivity contribution in [3.8, 4) is 0 Å². The lowest BCUT2D eigenvalue weighted by molar-refractivity contribution is -0.204. The number of rotatable bonds is 5. The summed E-state index contributed by atoms with van der Waals surface area (Å²) in [5, 5.41) is -0.731. The summed E-state index contributed by atoms with van der Waals surface area (Å²) in [6, 6.07) is 8.63. The van der Waals surface area contributed by atoms with Gasteiger partial charge < -0.3 is 18.9 Å². The van der Waals surface area contributed by atoms with Crippen molar-refractivity contribution in [1.29, 1.82) is 0 Å². The molecule has 1 aromatic rings. The Morgan fingerprint density at radius 2 is 1.52 bits per heavy atom. The molecule has 1 aliphatic rings. The number of carbonyl (C=O) groups excluding carboxylic acids is 3. The summed E-state index contributed by atoms with van der Waals surface area (Å²) in [4.78, 5) is 37.2. The van der Waals surface area contributed by atoms with Crippen LogP contribution in [0.4, 0.5) is 0 Å². The largest absolute Gasteiger partial charge is 0.459 e. The van der Waals surface area contributed by atoms with E-state index in [-0.39, 0.29) is 13.0 Å². The summed E-state index contributed by atoms with van der Waals surface area (Å²) in [5.41, 5.74) is -1.03. The average molecular weight is 499 g/mol. The Bertz CT molecular complexity index is 779. The number of halogens is 1. The number of hydrogen-bond acceptors (Lipinski definition) is 7. The van der Waals surface area contributed by atoms with Crippen LogP contribution in [-0.2, 0) is 28.5 Å². The van der Waals surface area contributed by atoms with Gasteiger partial charge in [0.05, 0.1) is 22.5 Å². The maximum atomic E-state index is 12.5. The van der Waals surface area contributed by atoms with Crippen molar-refractivity contribution in [2.45, 2.75) is 71.3 Å². The molecular weight excluding hydrogens is 468 g/mol. The maximum Gasteiger partial charge on any atom is 0.338 e. The summed E-state index contributed by atoms with van der Waals surface area (Å²) in [5.74, 6) is -1.33. The van der Waals surface area contributed by atoms with E-state index in [9.17, 15) is 14.4 Å². The predicted molar refractivity (Wildman–Crippen MR) is 118 cm³/mol. The highest BCUT2D eigenvalue weighted by molar-refractivity contribution is 9.09. The van der Waals surface area contributed by atoms with Crippen molar-refractivity contribution in [3.63, 3.8) is 0 Å². The minimum atomic E-state index is -0.834. The smallest absolute Gasteiger partial charge is 0.338 e. The first-order valence-electron chi connectivity index (χ1n) is 10.2. The molecule has 7 nitrogen and oxygen atoms in total. The second-order valence-electron chi connectivity index (χ2n) is 9.62. The third-order valence-corrected chi connectivity index (χ3v) is 5.32. The molecule has 1 aliphatic heterocycles. The molecule has 0 N–H and O–H groups in total.